The molecule has 1 aliphatic rings. The molecule has 0 atom stereocenters. The molecule has 0 amide bonds. The van der Waals surface area contributed by atoms with Gasteiger partial charge < -0.3 is 10.6 Å². The van der Waals surface area contributed by atoms with Crippen molar-refractivity contribution in [1.82, 2.24) is 0 Å². The lowest BCUT2D eigenvalue weighted by Gasteiger charge is -2.28. The Morgan fingerprint density at radius 3 is 2.43 bits per heavy atom. The summed E-state index contributed by atoms with van der Waals surface area (Å²) in [6.07, 6.45) is 4.00. The Bertz CT molecular complexity index is 282. The summed E-state index contributed by atoms with van der Waals surface area (Å²) in [6, 6.07) is 8.17. The molecule has 2 nitrogen and oxygen atoms in total. The Morgan fingerprint density at radius 1 is 1.07 bits per heavy atom. The van der Waals surface area contributed by atoms with Gasteiger partial charge in [0.05, 0.1) is 0 Å². The van der Waals surface area contributed by atoms with Crippen LogP contribution >= 0.6 is 12.4 Å². The Balaban J connectivity index is 0.000000980. The highest BCUT2D eigenvalue weighted by Crippen LogP contribution is 2.21. The molecule has 0 saturated carbocycles. The van der Waals surface area contributed by atoms with Gasteiger partial charge in [-0.15, -0.1) is 12.4 Å². The molecule has 14 heavy (non-hydrogen) atoms. The van der Waals surface area contributed by atoms with E-state index in [1.54, 1.807) is 0 Å². The third-order valence-corrected chi connectivity index (χ3v) is 2.59. The maximum atomic E-state index is 5.74. The maximum absolute atomic E-state index is 5.74. The molecule has 0 aromatic heterocycles. The molecule has 0 bridgehead atoms. The summed E-state index contributed by atoms with van der Waals surface area (Å²) < 4.78 is 0. The summed E-state index contributed by atoms with van der Waals surface area (Å²) in [5.74, 6) is 0. The lowest BCUT2D eigenvalue weighted by Crippen LogP contribution is -2.29. The largest absolute Gasteiger partial charge is 0.399 e. The van der Waals surface area contributed by atoms with Crippen LogP contribution in [-0.4, -0.2) is 13.1 Å². The van der Waals surface area contributed by atoms with Crippen LogP contribution in [0.5, 0.6) is 0 Å². The van der Waals surface area contributed by atoms with Gasteiger partial charge in [0.2, 0.25) is 0 Å². The van der Waals surface area contributed by atoms with Crippen LogP contribution < -0.4 is 10.6 Å². The minimum atomic E-state index is 0. The highest BCUT2D eigenvalue weighted by molar-refractivity contribution is 5.85. The van der Waals surface area contributed by atoms with Gasteiger partial charge in [0.15, 0.2) is 0 Å². The molecule has 1 aromatic rings. The molecule has 1 aromatic carbocycles. The van der Waals surface area contributed by atoms with Gasteiger partial charge in [0.1, 0.15) is 0 Å². The van der Waals surface area contributed by atoms with Crippen molar-refractivity contribution in [2.24, 2.45) is 0 Å². The molecular weight excluding hydrogens is 196 g/mol. The van der Waals surface area contributed by atoms with E-state index in [0.29, 0.717) is 0 Å². The Morgan fingerprint density at radius 2 is 1.79 bits per heavy atom. The first kappa shape index (κ1) is 11.2. The van der Waals surface area contributed by atoms with Crippen LogP contribution in [0.4, 0.5) is 11.4 Å². The number of nitrogens with two attached hydrogens (primary N) is 1. The van der Waals surface area contributed by atoms with Crippen LogP contribution in [0.3, 0.4) is 0 Å². The van der Waals surface area contributed by atoms with Gasteiger partial charge in [-0.05, 0) is 37.5 Å². The molecule has 1 aliphatic heterocycles. The Hall–Kier alpha value is -0.890. The van der Waals surface area contributed by atoms with Crippen LogP contribution in [0, 0.1) is 0 Å². The summed E-state index contributed by atoms with van der Waals surface area (Å²) >= 11 is 0. The van der Waals surface area contributed by atoms with Gasteiger partial charge in [-0.2, -0.15) is 0 Å². The van der Waals surface area contributed by atoms with E-state index >= 15 is 0 Å². The van der Waals surface area contributed by atoms with E-state index in [2.05, 4.69) is 17.0 Å². The van der Waals surface area contributed by atoms with E-state index < -0.39 is 0 Å². The minimum absolute atomic E-state index is 0. The number of rotatable bonds is 1. The van der Waals surface area contributed by atoms with Crippen LogP contribution in [0.1, 0.15) is 19.3 Å². The zero-order valence-corrected chi connectivity index (χ0v) is 9.09. The number of anilines is 2. The number of hydrogen-bond acceptors (Lipinski definition) is 2. The molecule has 2 N–H and O–H groups in total. The molecule has 1 saturated heterocycles. The molecule has 0 unspecified atom stereocenters. The van der Waals surface area contributed by atoms with Crippen molar-refractivity contribution in [3.63, 3.8) is 0 Å². The highest BCUT2D eigenvalue weighted by Gasteiger charge is 2.10. The van der Waals surface area contributed by atoms with Crippen LogP contribution in [-0.2, 0) is 0 Å². The van der Waals surface area contributed by atoms with E-state index in [1.165, 1.54) is 38.0 Å². The summed E-state index contributed by atoms with van der Waals surface area (Å²) in [5, 5.41) is 0. The third kappa shape index (κ3) is 2.55. The highest BCUT2D eigenvalue weighted by atomic mass is 35.5. The van der Waals surface area contributed by atoms with Crippen molar-refractivity contribution in [3.05, 3.63) is 24.3 Å². The van der Waals surface area contributed by atoms with E-state index in [-0.39, 0.29) is 12.4 Å². The molecule has 1 fully saturated rings. The predicted octanol–water partition coefficient (Wildman–Crippen LogP) is 2.68. The van der Waals surface area contributed by atoms with E-state index in [1.807, 2.05) is 12.1 Å². The second-order valence-electron chi connectivity index (χ2n) is 3.64. The molecule has 78 valence electrons. The molecule has 2 rings (SSSR count). The average molecular weight is 213 g/mol. The third-order valence-electron chi connectivity index (χ3n) is 2.59. The Kier molecular flexibility index (Phi) is 4.08. The summed E-state index contributed by atoms with van der Waals surface area (Å²) in [7, 11) is 0. The number of hydrogen-bond donors (Lipinski definition) is 1. The fraction of sp³-hybridized carbons (Fsp3) is 0.455. The number of nitrogens with zero attached hydrogens (tertiary/aromatic N) is 1. The first-order valence-corrected chi connectivity index (χ1v) is 4.97. The molecule has 0 aliphatic carbocycles. The van der Waals surface area contributed by atoms with E-state index in [9.17, 15) is 0 Å². The number of nitrogen functional groups attached to an aromatic ring is 1. The zero-order chi connectivity index (χ0) is 9.10. The van der Waals surface area contributed by atoms with Gasteiger partial charge in [-0.25, -0.2) is 0 Å². The van der Waals surface area contributed by atoms with E-state index in [0.717, 1.165) is 5.69 Å². The van der Waals surface area contributed by atoms with Crippen LogP contribution in [0.25, 0.3) is 0 Å². The van der Waals surface area contributed by atoms with Gasteiger partial charge in [0.25, 0.3) is 0 Å². The smallest absolute Gasteiger partial charge is 0.0386 e. The maximum Gasteiger partial charge on any atom is 0.0386 e. The van der Waals surface area contributed by atoms with Crippen molar-refractivity contribution in [3.8, 4) is 0 Å². The van der Waals surface area contributed by atoms with Gasteiger partial charge in [0, 0.05) is 24.5 Å². The zero-order valence-electron chi connectivity index (χ0n) is 8.28. The second kappa shape index (κ2) is 5.11. The second-order valence-corrected chi connectivity index (χ2v) is 3.64. The van der Waals surface area contributed by atoms with Crippen molar-refractivity contribution >= 4 is 23.8 Å². The summed E-state index contributed by atoms with van der Waals surface area (Å²) in [4.78, 5) is 2.42. The van der Waals surface area contributed by atoms with Gasteiger partial charge >= 0.3 is 0 Å². The molecular formula is C11H17ClN2. The van der Waals surface area contributed by atoms with Crippen molar-refractivity contribution in [1.29, 1.82) is 0 Å². The summed E-state index contributed by atoms with van der Waals surface area (Å²) in [6.45, 7) is 2.37. The average Bonchev–Trinajstić information content (AvgIpc) is 2.19. The van der Waals surface area contributed by atoms with Crippen molar-refractivity contribution in [2.45, 2.75) is 19.3 Å². The normalized spacial score (nSPS) is 16.1. The predicted molar refractivity (Wildman–Crippen MR) is 64.2 cm³/mol. The first-order valence-electron chi connectivity index (χ1n) is 4.97. The molecule has 0 spiro atoms. The van der Waals surface area contributed by atoms with Crippen molar-refractivity contribution in [2.75, 3.05) is 23.7 Å². The van der Waals surface area contributed by atoms with E-state index in [4.69, 9.17) is 5.73 Å². The fourth-order valence-electron chi connectivity index (χ4n) is 1.87. The number of halogens is 1. The molecule has 0 radical (unpaired) electrons. The number of piperidine rings is 1. The first-order chi connectivity index (χ1) is 6.36. The lowest BCUT2D eigenvalue weighted by molar-refractivity contribution is 0.578. The molecule has 3 heteroatoms. The quantitative estimate of drug-likeness (QED) is 0.726. The Labute approximate surface area is 91.5 Å². The van der Waals surface area contributed by atoms with Gasteiger partial charge in [-0.1, -0.05) is 6.07 Å². The topological polar surface area (TPSA) is 29.3 Å². The van der Waals surface area contributed by atoms with Crippen molar-refractivity contribution < 1.29 is 0 Å². The summed E-state index contributed by atoms with van der Waals surface area (Å²) in [5.41, 5.74) is 7.88. The lowest BCUT2D eigenvalue weighted by atomic mass is 10.1. The number of benzene rings is 1. The van der Waals surface area contributed by atoms with Crippen LogP contribution in [0.2, 0.25) is 0 Å². The monoisotopic (exact) mass is 212 g/mol. The molecule has 1 heterocycles. The minimum Gasteiger partial charge on any atom is -0.399 e. The van der Waals surface area contributed by atoms with Crippen LogP contribution in [0.15, 0.2) is 24.3 Å². The fourth-order valence-corrected chi connectivity index (χ4v) is 1.87. The standard InChI is InChI=1S/C11H16N2.ClH/c12-10-5-4-6-11(9-10)13-7-2-1-3-8-13;/h4-6,9H,1-3,7-8,12H2;1H. The van der Waals surface area contributed by atoms with Gasteiger partial charge in [-0.3, -0.25) is 0 Å². The SMILES string of the molecule is Cl.Nc1cccc(N2CCCCC2)c1.